The van der Waals surface area contributed by atoms with E-state index in [1.807, 2.05) is 45.0 Å². The lowest BCUT2D eigenvalue weighted by molar-refractivity contribution is -0.197. The van der Waals surface area contributed by atoms with Crippen LogP contribution < -0.4 is 9.47 Å². The van der Waals surface area contributed by atoms with Gasteiger partial charge >= 0.3 is 6.18 Å². The molecule has 3 aromatic rings. The number of alkyl halides is 3. The zero-order valence-corrected chi connectivity index (χ0v) is 25.4. The highest BCUT2D eigenvalue weighted by Crippen LogP contribution is 2.47. The molecule has 1 aliphatic carbocycles. The van der Waals surface area contributed by atoms with E-state index in [4.69, 9.17) is 14.2 Å². The van der Waals surface area contributed by atoms with Crippen molar-refractivity contribution in [1.29, 1.82) is 0 Å². The van der Waals surface area contributed by atoms with E-state index in [2.05, 4.69) is 43.3 Å². The van der Waals surface area contributed by atoms with Gasteiger partial charge in [0.05, 0.1) is 0 Å². The molecular formula is C36H45F3O3. The van der Waals surface area contributed by atoms with Gasteiger partial charge in [-0.1, -0.05) is 61.9 Å². The molecule has 6 heteroatoms. The van der Waals surface area contributed by atoms with Crippen LogP contribution >= 0.6 is 0 Å². The molecule has 3 nitrogen and oxygen atoms in total. The summed E-state index contributed by atoms with van der Waals surface area (Å²) in [5, 5.41) is 0. The molecule has 0 bridgehead atoms. The van der Waals surface area contributed by atoms with Crippen LogP contribution in [0, 0.1) is 0 Å². The van der Waals surface area contributed by atoms with E-state index in [0.29, 0.717) is 26.1 Å². The van der Waals surface area contributed by atoms with Crippen molar-refractivity contribution in [3.63, 3.8) is 0 Å². The van der Waals surface area contributed by atoms with Crippen molar-refractivity contribution in [2.24, 2.45) is 0 Å². The predicted molar refractivity (Wildman–Crippen MR) is 163 cm³/mol. The minimum absolute atomic E-state index is 0.0695. The van der Waals surface area contributed by atoms with Crippen LogP contribution in [0.5, 0.6) is 11.5 Å². The summed E-state index contributed by atoms with van der Waals surface area (Å²) in [6.45, 7) is 9.33. The largest absolute Gasteiger partial charge is 0.488 e. The lowest BCUT2D eigenvalue weighted by Crippen LogP contribution is -2.34. The van der Waals surface area contributed by atoms with Crippen LogP contribution in [0.25, 0.3) is 0 Å². The molecule has 0 heterocycles. The lowest BCUT2D eigenvalue weighted by Gasteiger charge is -2.35. The maximum absolute atomic E-state index is 13.8. The summed E-state index contributed by atoms with van der Waals surface area (Å²) in [5.74, 6) is 1.41. The fourth-order valence-electron chi connectivity index (χ4n) is 5.77. The van der Waals surface area contributed by atoms with Gasteiger partial charge in [0.1, 0.15) is 17.1 Å². The summed E-state index contributed by atoms with van der Waals surface area (Å²) in [7, 11) is 0. The van der Waals surface area contributed by atoms with Crippen molar-refractivity contribution in [3.8, 4) is 11.5 Å². The van der Waals surface area contributed by atoms with E-state index < -0.39 is 12.3 Å². The molecule has 0 N–H and O–H groups in total. The Morgan fingerprint density at radius 3 is 2.17 bits per heavy atom. The number of ether oxygens (including phenoxy) is 3. The highest BCUT2D eigenvalue weighted by atomic mass is 19.4. The zero-order chi connectivity index (χ0) is 30.2. The van der Waals surface area contributed by atoms with E-state index in [0.717, 1.165) is 37.0 Å². The third kappa shape index (κ3) is 9.00. The number of hydrogen-bond donors (Lipinski definition) is 0. The Labute approximate surface area is 249 Å². The number of aryl methyl sites for hydroxylation is 1. The van der Waals surface area contributed by atoms with Crippen LogP contribution in [0.3, 0.4) is 0 Å². The first-order valence-corrected chi connectivity index (χ1v) is 15.3. The molecule has 3 aromatic carbocycles. The van der Waals surface area contributed by atoms with Gasteiger partial charge in [-0.3, -0.25) is 0 Å². The highest BCUT2D eigenvalue weighted by molar-refractivity contribution is 5.48. The molecule has 3 atom stereocenters. The van der Waals surface area contributed by atoms with Crippen molar-refractivity contribution in [1.82, 2.24) is 0 Å². The molecule has 0 amide bonds. The summed E-state index contributed by atoms with van der Waals surface area (Å²) >= 11 is 0. The van der Waals surface area contributed by atoms with E-state index in [-0.39, 0.29) is 29.6 Å². The van der Waals surface area contributed by atoms with E-state index in [9.17, 15) is 13.2 Å². The Kier molecular flexibility index (Phi) is 11.0. The Morgan fingerprint density at radius 2 is 1.50 bits per heavy atom. The number of benzene rings is 3. The molecular weight excluding hydrogens is 537 g/mol. The van der Waals surface area contributed by atoms with Crippen molar-refractivity contribution in [3.05, 3.63) is 95.1 Å². The van der Waals surface area contributed by atoms with Crippen molar-refractivity contribution < 1.29 is 27.4 Å². The van der Waals surface area contributed by atoms with Crippen LogP contribution in [-0.4, -0.2) is 31.1 Å². The number of hydrogen-bond acceptors (Lipinski definition) is 3. The molecule has 42 heavy (non-hydrogen) atoms. The average Bonchev–Trinajstić information content (AvgIpc) is 2.95. The third-order valence-corrected chi connectivity index (χ3v) is 7.76. The topological polar surface area (TPSA) is 27.7 Å². The Balaban J connectivity index is 1.52. The van der Waals surface area contributed by atoms with Gasteiger partial charge in [-0.2, -0.15) is 13.2 Å². The number of fused-ring (bicyclic) bond motifs is 1. The fraction of sp³-hybridized carbons (Fsp3) is 0.500. The summed E-state index contributed by atoms with van der Waals surface area (Å²) in [6, 6.07) is 24.1. The summed E-state index contributed by atoms with van der Waals surface area (Å²) in [6.07, 6.45) is -1.47. The summed E-state index contributed by atoms with van der Waals surface area (Å²) in [4.78, 5) is 0. The first-order valence-electron chi connectivity index (χ1n) is 15.3. The SMILES string of the molecule is CCCCOCCCCC(Oc1ccc([C@@H]2c3ccc(OC(C)(C)C)cc3CC[C@@H]2c2ccccc2)cc1)C(F)(F)F. The molecule has 0 spiro atoms. The molecule has 0 aromatic heterocycles. The molecule has 1 aliphatic rings. The number of halogens is 3. The minimum atomic E-state index is -4.44. The molecule has 0 saturated heterocycles. The molecule has 1 unspecified atom stereocenters. The second-order valence-corrected chi connectivity index (χ2v) is 12.3. The minimum Gasteiger partial charge on any atom is -0.488 e. The maximum Gasteiger partial charge on any atom is 0.425 e. The van der Waals surface area contributed by atoms with Gasteiger partial charge in [-0.25, -0.2) is 0 Å². The van der Waals surface area contributed by atoms with Gasteiger partial charge in [-0.15, -0.1) is 0 Å². The molecule has 0 aliphatic heterocycles. The second kappa shape index (κ2) is 14.5. The summed E-state index contributed by atoms with van der Waals surface area (Å²) < 4.78 is 58.6. The predicted octanol–water partition coefficient (Wildman–Crippen LogP) is 10.0. The average molecular weight is 583 g/mol. The van der Waals surface area contributed by atoms with Crippen LogP contribution in [0.4, 0.5) is 13.2 Å². The van der Waals surface area contributed by atoms with E-state index in [1.165, 1.54) is 16.7 Å². The molecule has 0 saturated carbocycles. The van der Waals surface area contributed by atoms with Crippen molar-refractivity contribution in [2.75, 3.05) is 13.2 Å². The third-order valence-electron chi connectivity index (χ3n) is 7.76. The zero-order valence-electron chi connectivity index (χ0n) is 25.4. The van der Waals surface area contributed by atoms with Gasteiger partial charge in [0.15, 0.2) is 6.10 Å². The highest BCUT2D eigenvalue weighted by Gasteiger charge is 2.41. The second-order valence-electron chi connectivity index (χ2n) is 12.3. The first-order chi connectivity index (χ1) is 20.0. The van der Waals surface area contributed by atoms with Crippen LogP contribution in [0.2, 0.25) is 0 Å². The van der Waals surface area contributed by atoms with Gasteiger partial charge in [0, 0.05) is 19.1 Å². The molecule has 0 radical (unpaired) electrons. The smallest absolute Gasteiger partial charge is 0.425 e. The Hall–Kier alpha value is -2.99. The molecule has 4 rings (SSSR count). The molecule has 0 fully saturated rings. The Bertz CT molecular complexity index is 1230. The van der Waals surface area contributed by atoms with Gasteiger partial charge in [0.25, 0.3) is 0 Å². The van der Waals surface area contributed by atoms with Crippen LogP contribution in [0.15, 0.2) is 72.8 Å². The van der Waals surface area contributed by atoms with Crippen LogP contribution in [-0.2, 0) is 11.2 Å². The number of rotatable bonds is 13. The van der Waals surface area contributed by atoms with Gasteiger partial charge in [-0.05, 0) is 112 Å². The summed E-state index contributed by atoms with van der Waals surface area (Å²) in [5.41, 5.74) is 4.53. The van der Waals surface area contributed by atoms with Crippen LogP contribution in [0.1, 0.15) is 100 Å². The van der Waals surface area contributed by atoms with Gasteiger partial charge in [0.2, 0.25) is 0 Å². The van der Waals surface area contributed by atoms with E-state index >= 15 is 0 Å². The molecule has 228 valence electrons. The van der Waals surface area contributed by atoms with Crippen molar-refractivity contribution >= 4 is 0 Å². The fourth-order valence-corrected chi connectivity index (χ4v) is 5.77. The van der Waals surface area contributed by atoms with Crippen molar-refractivity contribution in [2.45, 2.75) is 102 Å². The number of unbranched alkanes of at least 4 members (excludes halogenated alkanes) is 2. The van der Waals surface area contributed by atoms with E-state index in [1.54, 1.807) is 12.1 Å². The lowest BCUT2D eigenvalue weighted by atomic mass is 9.69. The standard InChI is InChI=1S/C36H45F3O3/c1-5-6-23-40-24-11-10-14-33(36(37,38)39)41-29-18-15-27(16-19-29)34-31(26-12-8-7-9-13-26)21-17-28-25-30(20-22-32(28)34)42-35(2,3)4/h7-9,12-13,15-16,18-20,22,25,31,33-34H,5-6,10-11,14,17,21,23-24H2,1-4H3/t31-,33?,34+/m1/s1. The quantitative estimate of drug-likeness (QED) is 0.188. The normalized spacial score (nSPS) is 17.9. The van der Waals surface area contributed by atoms with Gasteiger partial charge < -0.3 is 14.2 Å². The first kappa shape index (κ1) is 31.9. The monoisotopic (exact) mass is 582 g/mol. The Morgan fingerprint density at radius 1 is 0.810 bits per heavy atom. The maximum atomic E-state index is 13.8.